The third-order valence-corrected chi connectivity index (χ3v) is 1.30. The van der Waals surface area contributed by atoms with Gasteiger partial charge in [0.15, 0.2) is 0 Å². The van der Waals surface area contributed by atoms with Crippen LogP contribution in [0.15, 0.2) is 30.0 Å². The minimum atomic E-state index is 0.729. The Morgan fingerprint density at radius 1 is 1.36 bits per heavy atom. The molecule has 58 valence electrons. The maximum atomic E-state index is 3.80. The molecule has 0 saturated carbocycles. The fourth-order valence-corrected chi connectivity index (χ4v) is 0.640. The van der Waals surface area contributed by atoms with Crippen molar-refractivity contribution >= 4 is 0 Å². The van der Waals surface area contributed by atoms with Crippen molar-refractivity contribution in [3.05, 3.63) is 30.0 Å². The van der Waals surface area contributed by atoms with E-state index in [0.717, 1.165) is 24.0 Å². The molecule has 0 unspecified atom stereocenters. The topological polar surface area (TPSA) is 0 Å². The van der Waals surface area contributed by atoms with Crippen LogP contribution in [0.5, 0.6) is 0 Å². The average molecular weight is 146 g/mol. The van der Waals surface area contributed by atoms with Crippen molar-refractivity contribution in [1.29, 1.82) is 0 Å². The summed E-state index contributed by atoms with van der Waals surface area (Å²) in [6.45, 7) is 11.3. The van der Waals surface area contributed by atoms with Crippen molar-refractivity contribution in [3.8, 4) is 11.8 Å². The molecule has 0 spiro atoms. The summed E-state index contributed by atoms with van der Waals surface area (Å²) in [5, 5.41) is 0. The van der Waals surface area contributed by atoms with Gasteiger partial charge in [0.05, 0.1) is 0 Å². The molecule has 0 aliphatic heterocycles. The van der Waals surface area contributed by atoms with Crippen LogP contribution < -0.4 is 0 Å². The van der Waals surface area contributed by atoms with Crippen molar-refractivity contribution < 1.29 is 0 Å². The van der Waals surface area contributed by atoms with Gasteiger partial charge in [-0.1, -0.05) is 26.0 Å². The van der Waals surface area contributed by atoms with E-state index in [1.54, 1.807) is 0 Å². The zero-order valence-electron chi connectivity index (χ0n) is 7.33. The van der Waals surface area contributed by atoms with E-state index in [0.29, 0.717) is 0 Å². The van der Waals surface area contributed by atoms with Crippen LogP contribution in [0.3, 0.4) is 0 Å². The van der Waals surface area contributed by atoms with Crippen molar-refractivity contribution in [2.75, 3.05) is 0 Å². The van der Waals surface area contributed by atoms with Gasteiger partial charge in [0.2, 0.25) is 0 Å². The zero-order valence-corrected chi connectivity index (χ0v) is 7.33. The van der Waals surface area contributed by atoms with E-state index in [1.807, 2.05) is 13.8 Å². The second-order valence-corrected chi connectivity index (χ2v) is 2.32. The lowest BCUT2D eigenvalue weighted by molar-refractivity contribution is 1.23. The molecule has 0 heteroatoms. The second kappa shape index (κ2) is 5.59. The Morgan fingerprint density at radius 3 is 2.36 bits per heavy atom. The summed E-state index contributed by atoms with van der Waals surface area (Å²) >= 11 is 0. The van der Waals surface area contributed by atoms with Crippen LogP contribution in [0.1, 0.15) is 26.7 Å². The summed E-state index contributed by atoms with van der Waals surface area (Å²) in [4.78, 5) is 0. The first-order valence-electron chi connectivity index (χ1n) is 3.72. The number of rotatable bonds is 2. The Morgan fingerprint density at radius 2 is 2.00 bits per heavy atom. The van der Waals surface area contributed by atoms with Gasteiger partial charge in [-0.05, 0) is 12.5 Å². The first-order valence-corrected chi connectivity index (χ1v) is 3.72. The quantitative estimate of drug-likeness (QED) is 0.319. The summed E-state index contributed by atoms with van der Waals surface area (Å²) in [7, 11) is 0. The molecule has 0 heterocycles. The predicted octanol–water partition coefficient (Wildman–Crippen LogP) is 3.08. The molecule has 0 radical (unpaired) electrons. The molecule has 0 saturated heterocycles. The minimum absolute atomic E-state index is 0.729. The van der Waals surface area contributed by atoms with E-state index in [2.05, 4.69) is 30.7 Å². The van der Waals surface area contributed by atoms with Gasteiger partial charge in [-0.2, -0.15) is 0 Å². The summed E-state index contributed by atoms with van der Waals surface area (Å²) in [5.74, 6) is 6.01. The molecule has 0 N–H and O–H groups in total. The Hall–Kier alpha value is -1.18. The summed E-state index contributed by atoms with van der Waals surface area (Å²) < 4.78 is 0. The fraction of sp³-hybridized carbons (Fsp3) is 0.364. The van der Waals surface area contributed by atoms with Crippen LogP contribution in [0.4, 0.5) is 0 Å². The summed E-state index contributed by atoms with van der Waals surface area (Å²) in [6.07, 6.45) is 1.63. The van der Waals surface area contributed by atoms with E-state index in [9.17, 15) is 0 Å². The lowest BCUT2D eigenvalue weighted by Crippen LogP contribution is -1.79. The van der Waals surface area contributed by atoms with E-state index >= 15 is 0 Å². The fourth-order valence-electron chi connectivity index (χ4n) is 0.640. The molecule has 0 aromatic rings. The second-order valence-electron chi connectivity index (χ2n) is 2.32. The van der Waals surface area contributed by atoms with Crippen LogP contribution >= 0.6 is 0 Å². The van der Waals surface area contributed by atoms with Crippen LogP contribution in [0.25, 0.3) is 0 Å². The maximum Gasteiger partial charge on any atom is 0.0415 e. The van der Waals surface area contributed by atoms with Crippen LogP contribution in [-0.4, -0.2) is 0 Å². The van der Waals surface area contributed by atoms with Gasteiger partial charge in [0, 0.05) is 18.4 Å². The molecule has 0 bridgehead atoms. The molecule has 0 atom stereocenters. The van der Waals surface area contributed by atoms with E-state index in [1.165, 1.54) is 0 Å². The predicted molar refractivity (Wildman–Crippen MR) is 50.2 cm³/mol. The zero-order chi connectivity index (χ0) is 8.69. The van der Waals surface area contributed by atoms with Gasteiger partial charge >= 0.3 is 0 Å². The van der Waals surface area contributed by atoms with Gasteiger partial charge in [0.25, 0.3) is 0 Å². The van der Waals surface area contributed by atoms with Crippen molar-refractivity contribution in [2.24, 2.45) is 0 Å². The minimum Gasteiger partial charge on any atom is -0.124 e. The number of hydrogen-bond donors (Lipinski definition) is 0. The first kappa shape index (κ1) is 9.82. The largest absolute Gasteiger partial charge is 0.124 e. The molecule has 0 aliphatic rings. The lowest BCUT2D eigenvalue weighted by atomic mass is 10.1. The van der Waals surface area contributed by atoms with Crippen LogP contribution in [-0.2, 0) is 0 Å². The van der Waals surface area contributed by atoms with E-state index in [4.69, 9.17) is 0 Å². The summed E-state index contributed by atoms with van der Waals surface area (Å²) in [5.41, 5.74) is 4.85. The molecular formula is C11H14. The molecule has 0 rings (SSSR count). The molecule has 0 aromatic heterocycles. The first-order chi connectivity index (χ1) is 5.22. The SMILES string of the molecule is C=C=C(CC#CCC)C(=C)C. The summed E-state index contributed by atoms with van der Waals surface area (Å²) in [6, 6.07) is 0. The molecular weight excluding hydrogens is 132 g/mol. The maximum absolute atomic E-state index is 3.80. The van der Waals surface area contributed by atoms with Crippen molar-refractivity contribution in [1.82, 2.24) is 0 Å². The van der Waals surface area contributed by atoms with Crippen LogP contribution in [0, 0.1) is 11.8 Å². The highest BCUT2D eigenvalue weighted by Crippen LogP contribution is 2.07. The smallest absolute Gasteiger partial charge is 0.0415 e. The van der Waals surface area contributed by atoms with E-state index in [-0.39, 0.29) is 0 Å². The van der Waals surface area contributed by atoms with Crippen LogP contribution in [0.2, 0.25) is 0 Å². The molecule has 11 heavy (non-hydrogen) atoms. The normalized spacial score (nSPS) is 7.45. The Kier molecular flexibility index (Phi) is 4.99. The van der Waals surface area contributed by atoms with Gasteiger partial charge in [-0.15, -0.1) is 11.7 Å². The number of allylic oxidation sites excluding steroid dienone is 2. The number of hydrogen-bond acceptors (Lipinski definition) is 0. The van der Waals surface area contributed by atoms with Crippen molar-refractivity contribution in [2.45, 2.75) is 26.7 Å². The molecule has 0 aliphatic carbocycles. The average Bonchev–Trinajstić information content (AvgIpc) is 1.97. The van der Waals surface area contributed by atoms with Crippen molar-refractivity contribution in [3.63, 3.8) is 0 Å². The van der Waals surface area contributed by atoms with Gasteiger partial charge in [-0.25, -0.2) is 0 Å². The standard InChI is InChI=1S/C11H14/c1-5-7-8-9-11(6-2)10(3)4/h2-3,5,9H2,1,4H3. The highest BCUT2D eigenvalue weighted by atomic mass is 13.9. The molecule has 0 amide bonds. The third kappa shape index (κ3) is 4.25. The molecule has 0 fully saturated rings. The third-order valence-electron chi connectivity index (χ3n) is 1.30. The van der Waals surface area contributed by atoms with Gasteiger partial charge < -0.3 is 0 Å². The highest BCUT2D eigenvalue weighted by molar-refractivity contribution is 5.29. The van der Waals surface area contributed by atoms with E-state index < -0.39 is 0 Å². The van der Waals surface area contributed by atoms with Gasteiger partial charge in [-0.3, -0.25) is 0 Å². The van der Waals surface area contributed by atoms with Gasteiger partial charge in [0.1, 0.15) is 0 Å². The Balaban J connectivity index is 4.13. The molecule has 0 nitrogen and oxygen atoms in total. The highest BCUT2D eigenvalue weighted by Gasteiger charge is 1.91. The molecule has 0 aromatic carbocycles. The monoisotopic (exact) mass is 146 g/mol. The lowest BCUT2D eigenvalue weighted by Gasteiger charge is -1.95. The Bertz CT molecular complexity index is 239. The Labute approximate surface area is 69.3 Å².